The fraction of sp³-hybridized carbons (Fsp3) is 0.733. The summed E-state index contributed by atoms with van der Waals surface area (Å²) in [6, 6.07) is -0.0744. The lowest BCUT2D eigenvalue weighted by Gasteiger charge is -2.54. The SMILES string of the molecule is Nc1nn2cc(F)cnc2c1C(=O)NC1CNCC2(CCCCCCCCC2)C1C1CCN(C(=O)C2CC2)CC1. The first-order valence-electron chi connectivity index (χ1n) is 15.5. The maximum atomic E-state index is 13.8. The number of aromatic nitrogens is 3. The van der Waals surface area contributed by atoms with Gasteiger partial charge in [0.25, 0.3) is 5.91 Å². The van der Waals surface area contributed by atoms with Crippen LogP contribution in [0.1, 0.15) is 93.8 Å². The molecule has 9 nitrogen and oxygen atoms in total. The molecule has 0 radical (unpaired) electrons. The molecule has 0 bridgehead atoms. The minimum absolute atomic E-state index is 0.0521. The van der Waals surface area contributed by atoms with Crippen molar-refractivity contribution in [3.8, 4) is 0 Å². The highest BCUT2D eigenvalue weighted by Gasteiger charge is 2.50. The minimum atomic E-state index is -0.539. The van der Waals surface area contributed by atoms with E-state index in [1.54, 1.807) is 0 Å². The van der Waals surface area contributed by atoms with E-state index in [0.717, 1.165) is 64.4 Å². The third-order valence-electron chi connectivity index (χ3n) is 10.1. The van der Waals surface area contributed by atoms with E-state index in [1.807, 2.05) is 0 Å². The molecule has 2 unspecified atom stereocenters. The highest BCUT2D eigenvalue weighted by molar-refractivity contribution is 6.04. The number of halogens is 1. The van der Waals surface area contributed by atoms with Gasteiger partial charge in [-0.25, -0.2) is 13.9 Å². The van der Waals surface area contributed by atoms with Gasteiger partial charge in [0.15, 0.2) is 17.3 Å². The number of hydrogen-bond donors (Lipinski definition) is 3. The number of piperidine rings is 2. The molecule has 6 rings (SSSR count). The van der Waals surface area contributed by atoms with Crippen LogP contribution in [0.3, 0.4) is 0 Å². The standard InChI is InChI=1S/C30H44FN7O2/c31-22-16-34-27-24(26(32)36-38(27)18-22)28(39)35-23-17-33-19-30(12-6-4-2-1-3-5-7-13-30)25(23)20-10-14-37(15-11-20)29(40)21-8-9-21/h16,18,20-21,23,25,33H,1-15,17,19H2,(H2,32,36)(H,35,39). The summed E-state index contributed by atoms with van der Waals surface area (Å²) in [7, 11) is 0. The van der Waals surface area contributed by atoms with Gasteiger partial charge in [-0.15, -0.1) is 5.10 Å². The Hall–Kier alpha value is -2.75. The molecule has 1 spiro atoms. The van der Waals surface area contributed by atoms with Crippen molar-refractivity contribution in [3.05, 3.63) is 23.8 Å². The van der Waals surface area contributed by atoms with Gasteiger partial charge in [0.2, 0.25) is 5.91 Å². The first-order valence-corrected chi connectivity index (χ1v) is 15.5. The third-order valence-corrected chi connectivity index (χ3v) is 10.1. The molecule has 2 atom stereocenters. The summed E-state index contributed by atoms with van der Waals surface area (Å²) in [6.45, 7) is 3.31. The molecule has 2 saturated heterocycles. The number of fused-ring (bicyclic) bond motifs is 1. The number of hydrogen-bond acceptors (Lipinski definition) is 6. The van der Waals surface area contributed by atoms with Gasteiger partial charge >= 0.3 is 0 Å². The number of nitrogens with one attached hydrogen (secondary N) is 2. The van der Waals surface area contributed by atoms with Crippen LogP contribution in [0.5, 0.6) is 0 Å². The van der Waals surface area contributed by atoms with Crippen LogP contribution < -0.4 is 16.4 Å². The molecule has 218 valence electrons. The zero-order valence-electron chi connectivity index (χ0n) is 23.5. The summed E-state index contributed by atoms with van der Waals surface area (Å²) in [5.41, 5.74) is 6.73. The molecule has 4 heterocycles. The van der Waals surface area contributed by atoms with E-state index in [1.165, 1.54) is 55.7 Å². The Morgan fingerprint density at radius 3 is 2.38 bits per heavy atom. The lowest BCUT2D eigenvalue weighted by molar-refractivity contribution is -0.134. The molecule has 4 aliphatic rings. The number of amides is 2. The van der Waals surface area contributed by atoms with Crippen molar-refractivity contribution in [2.45, 2.75) is 89.5 Å². The Morgan fingerprint density at radius 1 is 1.02 bits per heavy atom. The Kier molecular flexibility index (Phi) is 7.97. The van der Waals surface area contributed by atoms with E-state index in [-0.39, 0.29) is 40.3 Å². The Labute approximate surface area is 235 Å². The fourth-order valence-corrected chi connectivity index (χ4v) is 8.05. The zero-order valence-corrected chi connectivity index (χ0v) is 23.5. The number of carbonyl (C=O) groups excluding carboxylic acids is 2. The van der Waals surface area contributed by atoms with Crippen molar-refractivity contribution in [1.29, 1.82) is 0 Å². The van der Waals surface area contributed by atoms with Crippen LogP contribution in [0, 0.1) is 29.0 Å². The van der Waals surface area contributed by atoms with E-state index in [4.69, 9.17) is 5.73 Å². The van der Waals surface area contributed by atoms with Crippen LogP contribution in [0.25, 0.3) is 5.65 Å². The first-order chi connectivity index (χ1) is 19.4. The predicted octanol–water partition coefficient (Wildman–Crippen LogP) is 3.93. The summed E-state index contributed by atoms with van der Waals surface area (Å²) in [5, 5.41) is 11.2. The van der Waals surface area contributed by atoms with Crippen LogP contribution in [-0.4, -0.2) is 63.5 Å². The van der Waals surface area contributed by atoms with Crippen molar-refractivity contribution in [3.63, 3.8) is 0 Å². The van der Waals surface area contributed by atoms with Gasteiger partial charge in [-0.3, -0.25) is 9.59 Å². The monoisotopic (exact) mass is 553 g/mol. The van der Waals surface area contributed by atoms with Crippen molar-refractivity contribution in [1.82, 2.24) is 30.1 Å². The average Bonchev–Trinajstić information content (AvgIpc) is 3.74. The normalized spacial score (nSPS) is 26.6. The molecule has 2 aromatic rings. The molecule has 40 heavy (non-hydrogen) atoms. The van der Waals surface area contributed by atoms with Crippen molar-refractivity contribution >= 4 is 23.3 Å². The maximum absolute atomic E-state index is 13.8. The van der Waals surface area contributed by atoms with Gasteiger partial charge in [0.05, 0.1) is 12.4 Å². The van der Waals surface area contributed by atoms with Crippen LogP contribution in [-0.2, 0) is 4.79 Å². The number of nitrogens with two attached hydrogens (primary N) is 1. The minimum Gasteiger partial charge on any atom is -0.381 e. The van der Waals surface area contributed by atoms with E-state index in [9.17, 15) is 14.0 Å². The van der Waals surface area contributed by atoms with Crippen LogP contribution in [0.15, 0.2) is 12.4 Å². The van der Waals surface area contributed by atoms with Gasteiger partial charge in [-0.05, 0) is 55.8 Å². The van der Waals surface area contributed by atoms with Crippen LogP contribution >= 0.6 is 0 Å². The smallest absolute Gasteiger partial charge is 0.259 e. The lowest BCUT2D eigenvalue weighted by Crippen LogP contribution is -2.63. The second-order valence-corrected chi connectivity index (χ2v) is 12.8. The van der Waals surface area contributed by atoms with Crippen molar-refractivity contribution < 1.29 is 14.0 Å². The topological polar surface area (TPSA) is 118 Å². The summed E-state index contributed by atoms with van der Waals surface area (Å²) < 4.78 is 15.0. The first kappa shape index (κ1) is 27.4. The zero-order chi connectivity index (χ0) is 27.7. The van der Waals surface area contributed by atoms with Gasteiger partial charge in [0.1, 0.15) is 5.56 Å². The van der Waals surface area contributed by atoms with Crippen LogP contribution in [0.4, 0.5) is 10.2 Å². The quantitative estimate of drug-likeness (QED) is 0.528. The highest BCUT2D eigenvalue weighted by atomic mass is 19.1. The third kappa shape index (κ3) is 5.56. The largest absolute Gasteiger partial charge is 0.381 e. The fourth-order valence-electron chi connectivity index (χ4n) is 8.05. The summed E-state index contributed by atoms with van der Waals surface area (Å²) >= 11 is 0. The number of likely N-dealkylation sites (tertiary alicyclic amines) is 1. The Balaban J connectivity index is 1.27. The van der Waals surface area contributed by atoms with Crippen LogP contribution in [0.2, 0.25) is 0 Å². The predicted molar refractivity (Wildman–Crippen MR) is 151 cm³/mol. The molecular weight excluding hydrogens is 509 g/mol. The van der Waals surface area contributed by atoms with E-state index < -0.39 is 5.82 Å². The summed E-state index contributed by atoms with van der Waals surface area (Å²) in [4.78, 5) is 32.8. The molecule has 2 aliphatic carbocycles. The number of nitrogens with zero attached hydrogens (tertiary/aromatic N) is 4. The van der Waals surface area contributed by atoms with E-state index in [2.05, 4.69) is 25.6 Å². The molecular formula is C30H44FN7O2. The van der Waals surface area contributed by atoms with Gasteiger partial charge < -0.3 is 21.3 Å². The maximum Gasteiger partial charge on any atom is 0.259 e. The Bertz CT molecular complexity index is 1210. The van der Waals surface area contributed by atoms with Crippen molar-refractivity contribution in [2.75, 3.05) is 31.9 Å². The van der Waals surface area contributed by atoms with Gasteiger partial charge in [0, 0.05) is 38.1 Å². The molecule has 4 N–H and O–H groups in total. The number of rotatable bonds is 4. The molecule has 2 aromatic heterocycles. The lowest BCUT2D eigenvalue weighted by atomic mass is 9.58. The average molecular weight is 554 g/mol. The van der Waals surface area contributed by atoms with E-state index in [0.29, 0.717) is 24.3 Å². The van der Waals surface area contributed by atoms with Gasteiger partial charge in [-0.2, -0.15) is 0 Å². The number of anilines is 1. The summed E-state index contributed by atoms with van der Waals surface area (Å²) in [5.74, 6) is 0.552. The second kappa shape index (κ2) is 11.6. The molecule has 10 heteroatoms. The Morgan fingerprint density at radius 2 is 1.70 bits per heavy atom. The molecule has 2 saturated carbocycles. The van der Waals surface area contributed by atoms with Gasteiger partial charge in [-0.1, -0.05) is 44.9 Å². The van der Waals surface area contributed by atoms with E-state index >= 15 is 0 Å². The highest BCUT2D eigenvalue weighted by Crippen LogP contribution is 2.49. The van der Waals surface area contributed by atoms with Crippen molar-refractivity contribution in [2.24, 2.45) is 23.2 Å². The summed E-state index contributed by atoms with van der Waals surface area (Å²) in [6.07, 6.45) is 17.6. The second-order valence-electron chi connectivity index (χ2n) is 12.8. The molecule has 0 aromatic carbocycles. The molecule has 4 fully saturated rings. The number of carbonyl (C=O) groups is 2. The molecule has 2 aliphatic heterocycles. The number of nitrogen functional groups attached to an aromatic ring is 1. The molecule has 2 amide bonds.